The number of fused-ring (bicyclic) bond motifs is 1. The minimum Gasteiger partial charge on any atom is -0.478 e. The van der Waals surface area contributed by atoms with Crippen LogP contribution in [0.15, 0.2) is 53.7 Å². The molecule has 0 fully saturated rings. The SMILES string of the molecule is O=C(O)c1ccc(=O)n(Cc2cn3ccccc3n2)c1. The molecule has 0 amide bonds. The van der Waals surface area contributed by atoms with E-state index in [9.17, 15) is 9.59 Å². The van der Waals surface area contributed by atoms with E-state index in [1.54, 1.807) is 0 Å². The molecule has 0 spiro atoms. The van der Waals surface area contributed by atoms with E-state index in [1.165, 1.54) is 22.9 Å². The molecular weight excluding hydrogens is 258 g/mol. The van der Waals surface area contributed by atoms with E-state index in [4.69, 9.17) is 5.11 Å². The Morgan fingerprint density at radius 2 is 2.05 bits per heavy atom. The van der Waals surface area contributed by atoms with E-state index < -0.39 is 5.97 Å². The predicted octanol–water partition coefficient (Wildman–Crippen LogP) is 1.24. The van der Waals surface area contributed by atoms with Crippen molar-refractivity contribution in [3.05, 3.63) is 70.5 Å². The minimum absolute atomic E-state index is 0.0772. The smallest absolute Gasteiger partial charge is 0.337 e. The van der Waals surface area contributed by atoms with Gasteiger partial charge >= 0.3 is 5.97 Å². The van der Waals surface area contributed by atoms with Crippen LogP contribution in [0.3, 0.4) is 0 Å². The normalized spacial score (nSPS) is 10.8. The molecule has 0 aliphatic heterocycles. The van der Waals surface area contributed by atoms with Crippen LogP contribution in [0.5, 0.6) is 0 Å². The number of rotatable bonds is 3. The number of hydrogen-bond donors (Lipinski definition) is 1. The van der Waals surface area contributed by atoms with E-state index in [0.29, 0.717) is 5.69 Å². The van der Waals surface area contributed by atoms with E-state index in [1.807, 2.05) is 35.0 Å². The fraction of sp³-hybridized carbons (Fsp3) is 0.0714. The second kappa shape index (κ2) is 4.65. The van der Waals surface area contributed by atoms with Crippen molar-refractivity contribution >= 4 is 11.6 Å². The summed E-state index contributed by atoms with van der Waals surface area (Å²) >= 11 is 0. The molecule has 3 rings (SSSR count). The maximum Gasteiger partial charge on any atom is 0.337 e. The molecule has 0 bridgehead atoms. The molecule has 0 saturated carbocycles. The fourth-order valence-corrected chi connectivity index (χ4v) is 2.02. The summed E-state index contributed by atoms with van der Waals surface area (Å²) in [6.07, 6.45) is 5.01. The summed E-state index contributed by atoms with van der Waals surface area (Å²) in [5, 5.41) is 8.95. The van der Waals surface area contributed by atoms with Crippen molar-refractivity contribution in [2.45, 2.75) is 6.54 Å². The van der Waals surface area contributed by atoms with Gasteiger partial charge in [-0.2, -0.15) is 0 Å². The van der Waals surface area contributed by atoms with Gasteiger partial charge in [0.15, 0.2) is 0 Å². The van der Waals surface area contributed by atoms with E-state index in [-0.39, 0.29) is 17.7 Å². The predicted molar refractivity (Wildman–Crippen MR) is 72.0 cm³/mol. The van der Waals surface area contributed by atoms with Crippen molar-refractivity contribution in [1.82, 2.24) is 14.0 Å². The summed E-state index contributed by atoms with van der Waals surface area (Å²) in [5.41, 5.74) is 1.30. The average molecular weight is 269 g/mol. The third kappa shape index (κ3) is 2.18. The molecule has 0 atom stereocenters. The first-order chi connectivity index (χ1) is 9.63. The van der Waals surface area contributed by atoms with Crippen molar-refractivity contribution in [1.29, 1.82) is 0 Å². The molecule has 6 nitrogen and oxygen atoms in total. The van der Waals surface area contributed by atoms with E-state index in [2.05, 4.69) is 4.98 Å². The van der Waals surface area contributed by atoms with Crippen LogP contribution in [0.25, 0.3) is 5.65 Å². The second-order valence-electron chi connectivity index (χ2n) is 4.39. The summed E-state index contributed by atoms with van der Waals surface area (Å²) in [6, 6.07) is 8.17. The van der Waals surface area contributed by atoms with Crippen molar-refractivity contribution < 1.29 is 9.90 Å². The first-order valence-electron chi connectivity index (χ1n) is 6.00. The van der Waals surface area contributed by atoms with Crippen LogP contribution in [0.2, 0.25) is 0 Å². The van der Waals surface area contributed by atoms with Gasteiger partial charge in [0.25, 0.3) is 5.56 Å². The minimum atomic E-state index is -1.06. The highest BCUT2D eigenvalue weighted by Gasteiger charge is 2.07. The summed E-state index contributed by atoms with van der Waals surface area (Å²) in [5.74, 6) is -1.06. The number of hydrogen-bond acceptors (Lipinski definition) is 3. The number of carboxylic acid groups (broad SMARTS) is 1. The Bertz CT molecular complexity index is 815. The van der Waals surface area contributed by atoms with Crippen molar-refractivity contribution in [3.63, 3.8) is 0 Å². The Morgan fingerprint density at radius 3 is 2.80 bits per heavy atom. The summed E-state index contributed by atoms with van der Waals surface area (Å²) in [6.45, 7) is 0.238. The number of aromatic nitrogens is 3. The van der Waals surface area contributed by atoms with Crippen molar-refractivity contribution in [2.24, 2.45) is 0 Å². The topological polar surface area (TPSA) is 76.6 Å². The number of carboxylic acids is 1. The van der Waals surface area contributed by atoms with Gasteiger partial charge in [-0.15, -0.1) is 0 Å². The lowest BCUT2D eigenvalue weighted by molar-refractivity contribution is 0.0696. The molecule has 3 aromatic heterocycles. The highest BCUT2D eigenvalue weighted by molar-refractivity contribution is 5.87. The third-order valence-electron chi connectivity index (χ3n) is 2.98. The summed E-state index contributed by atoms with van der Waals surface area (Å²) in [4.78, 5) is 27.1. The molecule has 3 heterocycles. The van der Waals surface area contributed by atoms with Crippen LogP contribution < -0.4 is 5.56 Å². The molecule has 20 heavy (non-hydrogen) atoms. The number of nitrogens with zero attached hydrogens (tertiary/aromatic N) is 3. The number of carbonyl (C=O) groups is 1. The Balaban J connectivity index is 2.00. The number of imidazole rings is 1. The largest absolute Gasteiger partial charge is 0.478 e. The van der Waals surface area contributed by atoms with Gasteiger partial charge in [-0.1, -0.05) is 6.07 Å². The lowest BCUT2D eigenvalue weighted by Crippen LogP contribution is -2.20. The molecule has 0 unspecified atom stereocenters. The lowest BCUT2D eigenvalue weighted by atomic mass is 10.3. The molecular formula is C14H11N3O3. The van der Waals surface area contributed by atoms with Gasteiger partial charge in [0.05, 0.1) is 17.8 Å². The first kappa shape index (κ1) is 12.2. The maximum atomic E-state index is 11.7. The van der Waals surface area contributed by atoms with Gasteiger partial charge in [0.2, 0.25) is 0 Å². The highest BCUT2D eigenvalue weighted by Crippen LogP contribution is 2.06. The molecule has 0 radical (unpaired) electrons. The Morgan fingerprint density at radius 1 is 1.20 bits per heavy atom. The maximum absolute atomic E-state index is 11.7. The average Bonchev–Trinajstić information content (AvgIpc) is 2.83. The van der Waals surface area contributed by atoms with Gasteiger partial charge in [0.1, 0.15) is 5.65 Å². The highest BCUT2D eigenvalue weighted by atomic mass is 16.4. The zero-order valence-corrected chi connectivity index (χ0v) is 10.4. The zero-order valence-electron chi connectivity index (χ0n) is 10.4. The Hall–Kier alpha value is -2.89. The quantitative estimate of drug-likeness (QED) is 0.776. The van der Waals surface area contributed by atoms with Gasteiger partial charge in [-0.3, -0.25) is 4.79 Å². The molecule has 0 saturated heterocycles. The molecule has 0 aromatic carbocycles. The molecule has 100 valence electrons. The molecule has 6 heteroatoms. The fourth-order valence-electron chi connectivity index (χ4n) is 2.02. The van der Waals surface area contributed by atoms with Crippen molar-refractivity contribution in [3.8, 4) is 0 Å². The number of pyridine rings is 2. The lowest BCUT2D eigenvalue weighted by Gasteiger charge is -2.03. The molecule has 3 aromatic rings. The summed E-state index contributed by atoms with van der Waals surface area (Å²) in [7, 11) is 0. The zero-order chi connectivity index (χ0) is 14.1. The van der Waals surface area contributed by atoms with Crippen LogP contribution >= 0.6 is 0 Å². The second-order valence-corrected chi connectivity index (χ2v) is 4.39. The van der Waals surface area contributed by atoms with Crippen LogP contribution in [0.4, 0.5) is 0 Å². The van der Waals surface area contributed by atoms with Crippen LogP contribution in [-0.4, -0.2) is 25.0 Å². The molecule has 0 aliphatic carbocycles. The van der Waals surface area contributed by atoms with E-state index in [0.717, 1.165) is 5.65 Å². The number of aromatic carboxylic acids is 1. The summed E-state index contributed by atoms with van der Waals surface area (Å²) < 4.78 is 3.19. The van der Waals surface area contributed by atoms with Crippen LogP contribution in [-0.2, 0) is 6.54 Å². The van der Waals surface area contributed by atoms with Crippen LogP contribution in [0.1, 0.15) is 16.1 Å². The van der Waals surface area contributed by atoms with Crippen LogP contribution in [0, 0.1) is 0 Å². The van der Waals surface area contributed by atoms with Gasteiger partial charge in [-0.05, 0) is 18.2 Å². The standard InChI is InChI=1S/C14H11N3O3/c18-13-5-4-10(14(19)20)7-17(13)9-11-8-16-6-2-1-3-12(16)15-11/h1-8H,9H2,(H,19,20). The Labute approximate surface area is 113 Å². The van der Waals surface area contributed by atoms with Crippen molar-refractivity contribution in [2.75, 3.05) is 0 Å². The molecule has 1 N–H and O–H groups in total. The monoisotopic (exact) mass is 269 g/mol. The van der Waals surface area contributed by atoms with E-state index >= 15 is 0 Å². The Kier molecular flexibility index (Phi) is 2.83. The first-order valence-corrected chi connectivity index (χ1v) is 6.00. The van der Waals surface area contributed by atoms with Gasteiger partial charge in [0, 0.05) is 24.7 Å². The van der Waals surface area contributed by atoms with Gasteiger partial charge in [-0.25, -0.2) is 9.78 Å². The van der Waals surface area contributed by atoms with Gasteiger partial charge < -0.3 is 14.1 Å². The third-order valence-corrected chi connectivity index (χ3v) is 2.98. The molecule has 0 aliphatic rings.